The number of aromatic amines is 1. The number of nitrogens with one attached hydrogen (secondary N) is 2. The fourth-order valence-corrected chi connectivity index (χ4v) is 1.64. The lowest BCUT2D eigenvalue weighted by atomic mass is 10.1. The smallest absolute Gasteiger partial charge is 0.120 e. The van der Waals surface area contributed by atoms with E-state index in [9.17, 15) is 0 Å². The van der Waals surface area contributed by atoms with Gasteiger partial charge in [0.25, 0.3) is 0 Å². The molecule has 2 N–H and O–H groups in total. The van der Waals surface area contributed by atoms with Gasteiger partial charge >= 0.3 is 0 Å². The Morgan fingerprint density at radius 1 is 1.18 bits per heavy atom. The molecule has 0 spiro atoms. The number of rotatable bonds is 6. The molecule has 2 aromatic rings. The predicted octanol–water partition coefficient (Wildman–Crippen LogP) is 1.85. The van der Waals surface area contributed by atoms with Crippen LogP contribution in [0.25, 0.3) is 0 Å². The van der Waals surface area contributed by atoms with Crippen LogP contribution in [-0.4, -0.2) is 17.1 Å². The molecule has 0 saturated carbocycles. The second-order valence-corrected chi connectivity index (χ2v) is 3.89. The number of benzene rings is 1. The van der Waals surface area contributed by atoms with Gasteiger partial charge in [-0.3, -0.25) is 0 Å². The summed E-state index contributed by atoms with van der Waals surface area (Å²) in [5, 5.41) is 3.33. The monoisotopic (exact) mass is 231 g/mol. The summed E-state index contributed by atoms with van der Waals surface area (Å²) in [6, 6.07) is 8.41. The Morgan fingerprint density at radius 3 is 2.59 bits per heavy atom. The van der Waals surface area contributed by atoms with Crippen LogP contribution in [0.4, 0.5) is 0 Å². The third-order valence-electron chi connectivity index (χ3n) is 2.51. The Bertz CT molecular complexity index is 422. The largest absolute Gasteiger partial charge is 0.380 e. The van der Waals surface area contributed by atoms with E-state index in [2.05, 4.69) is 39.6 Å². The summed E-state index contributed by atoms with van der Waals surface area (Å²) < 4.78 is 5.07. The lowest BCUT2D eigenvalue weighted by molar-refractivity contribution is 0.185. The number of imidazole rings is 1. The normalized spacial score (nSPS) is 10.6. The van der Waals surface area contributed by atoms with Crippen LogP contribution < -0.4 is 5.32 Å². The average molecular weight is 231 g/mol. The molecule has 4 heteroatoms. The first-order chi connectivity index (χ1) is 8.38. The molecular weight excluding hydrogens is 214 g/mol. The van der Waals surface area contributed by atoms with Crippen molar-refractivity contribution in [2.75, 3.05) is 7.11 Å². The lowest BCUT2D eigenvalue weighted by Crippen LogP contribution is -2.13. The van der Waals surface area contributed by atoms with Gasteiger partial charge in [-0.05, 0) is 11.1 Å². The van der Waals surface area contributed by atoms with Gasteiger partial charge in [-0.15, -0.1) is 0 Å². The number of H-pyrrole nitrogens is 1. The van der Waals surface area contributed by atoms with Crippen molar-refractivity contribution in [3.05, 3.63) is 53.6 Å². The minimum Gasteiger partial charge on any atom is -0.380 e. The molecule has 17 heavy (non-hydrogen) atoms. The first-order valence-corrected chi connectivity index (χ1v) is 5.64. The van der Waals surface area contributed by atoms with E-state index in [1.165, 1.54) is 11.1 Å². The fraction of sp³-hybridized carbons (Fsp3) is 0.308. The summed E-state index contributed by atoms with van der Waals surface area (Å²) in [6.45, 7) is 2.26. The van der Waals surface area contributed by atoms with Crippen LogP contribution in [-0.2, 0) is 24.4 Å². The van der Waals surface area contributed by atoms with E-state index in [1.807, 2.05) is 6.20 Å². The molecule has 0 saturated heterocycles. The van der Waals surface area contributed by atoms with Gasteiger partial charge in [0.1, 0.15) is 5.82 Å². The molecule has 0 amide bonds. The van der Waals surface area contributed by atoms with Crippen LogP contribution in [0.1, 0.15) is 17.0 Å². The zero-order valence-electron chi connectivity index (χ0n) is 9.94. The maximum atomic E-state index is 5.07. The van der Waals surface area contributed by atoms with Gasteiger partial charge in [-0.2, -0.15) is 0 Å². The summed E-state index contributed by atoms with van der Waals surface area (Å²) in [4.78, 5) is 7.21. The fourth-order valence-electron chi connectivity index (χ4n) is 1.64. The van der Waals surface area contributed by atoms with Crippen molar-refractivity contribution in [3.63, 3.8) is 0 Å². The minimum atomic E-state index is 0.667. The zero-order chi connectivity index (χ0) is 11.9. The minimum absolute atomic E-state index is 0.667. The van der Waals surface area contributed by atoms with Gasteiger partial charge < -0.3 is 15.0 Å². The number of hydrogen-bond acceptors (Lipinski definition) is 3. The van der Waals surface area contributed by atoms with E-state index >= 15 is 0 Å². The third kappa shape index (κ3) is 3.69. The van der Waals surface area contributed by atoms with E-state index in [-0.39, 0.29) is 0 Å². The molecule has 1 aromatic carbocycles. The van der Waals surface area contributed by atoms with Gasteiger partial charge in [0, 0.05) is 26.0 Å². The van der Waals surface area contributed by atoms with Crippen molar-refractivity contribution in [1.82, 2.24) is 15.3 Å². The molecule has 0 aliphatic heterocycles. The molecule has 1 aromatic heterocycles. The summed E-state index contributed by atoms with van der Waals surface area (Å²) in [7, 11) is 1.71. The maximum Gasteiger partial charge on any atom is 0.120 e. The van der Waals surface area contributed by atoms with Crippen LogP contribution in [0.15, 0.2) is 36.7 Å². The van der Waals surface area contributed by atoms with Crippen molar-refractivity contribution < 1.29 is 4.74 Å². The first kappa shape index (κ1) is 11.8. The maximum absolute atomic E-state index is 5.07. The predicted molar refractivity (Wildman–Crippen MR) is 66.3 cm³/mol. The summed E-state index contributed by atoms with van der Waals surface area (Å²) in [6.07, 6.45) is 3.59. The molecule has 0 unspecified atom stereocenters. The van der Waals surface area contributed by atoms with Crippen LogP contribution in [0.5, 0.6) is 0 Å². The summed E-state index contributed by atoms with van der Waals surface area (Å²) in [5.41, 5.74) is 2.46. The van der Waals surface area contributed by atoms with Crippen molar-refractivity contribution >= 4 is 0 Å². The molecule has 0 aliphatic rings. The van der Waals surface area contributed by atoms with Crippen molar-refractivity contribution in [2.24, 2.45) is 0 Å². The van der Waals surface area contributed by atoms with E-state index in [0.29, 0.717) is 6.61 Å². The quantitative estimate of drug-likeness (QED) is 0.797. The molecule has 2 rings (SSSR count). The van der Waals surface area contributed by atoms with E-state index in [0.717, 1.165) is 18.9 Å². The van der Waals surface area contributed by atoms with Gasteiger partial charge in [0.05, 0.1) is 13.2 Å². The standard InChI is InChI=1S/C13H17N3O/c1-17-10-12-4-2-11(3-5-12)8-14-9-13-15-6-7-16-13/h2-7,14H,8-10H2,1H3,(H,15,16). The van der Waals surface area contributed by atoms with E-state index < -0.39 is 0 Å². The highest BCUT2D eigenvalue weighted by Gasteiger charge is 1.96. The van der Waals surface area contributed by atoms with E-state index in [4.69, 9.17) is 4.74 Å². The number of aromatic nitrogens is 2. The van der Waals surface area contributed by atoms with E-state index in [1.54, 1.807) is 13.3 Å². The van der Waals surface area contributed by atoms with Gasteiger partial charge in [0.2, 0.25) is 0 Å². The summed E-state index contributed by atoms with van der Waals surface area (Å²) >= 11 is 0. The Labute approximate surface area is 101 Å². The number of hydrogen-bond donors (Lipinski definition) is 2. The van der Waals surface area contributed by atoms with Crippen LogP contribution in [0.3, 0.4) is 0 Å². The van der Waals surface area contributed by atoms with Crippen LogP contribution in [0, 0.1) is 0 Å². The first-order valence-electron chi connectivity index (χ1n) is 5.64. The van der Waals surface area contributed by atoms with Crippen molar-refractivity contribution in [2.45, 2.75) is 19.7 Å². The van der Waals surface area contributed by atoms with Crippen LogP contribution >= 0.6 is 0 Å². The Balaban J connectivity index is 1.79. The second-order valence-electron chi connectivity index (χ2n) is 3.89. The Morgan fingerprint density at radius 2 is 1.94 bits per heavy atom. The lowest BCUT2D eigenvalue weighted by Gasteiger charge is -2.04. The highest BCUT2D eigenvalue weighted by Crippen LogP contribution is 2.05. The topological polar surface area (TPSA) is 49.9 Å². The average Bonchev–Trinajstić information content (AvgIpc) is 2.85. The number of methoxy groups -OCH3 is 1. The zero-order valence-corrected chi connectivity index (χ0v) is 9.94. The molecule has 4 nitrogen and oxygen atoms in total. The van der Waals surface area contributed by atoms with Gasteiger partial charge in [0.15, 0.2) is 0 Å². The molecule has 0 aliphatic carbocycles. The highest BCUT2D eigenvalue weighted by atomic mass is 16.5. The highest BCUT2D eigenvalue weighted by molar-refractivity contribution is 5.21. The van der Waals surface area contributed by atoms with Crippen molar-refractivity contribution in [1.29, 1.82) is 0 Å². The second kappa shape index (κ2) is 6.18. The Hall–Kier alpha value is -1.65. The van der Waals surface area contributed by atoms with Crippen molar-refractivity contribution in [3.8, 4) is 0 Å². The third-order valence-corrected chi connectivity index (χ3v) is 2.51. The van der Waals surface area contributed by atoms with Gasteiger partial charge in [-0.1, -0.05) is 24.3 Å². The molecule has 0 fully saturated rings. The molecule has 0 atom stereocenters. The Kier molecular flexibility index (Phi) is 4.30. The molecular formula is C13H17N3O. The number of nitrogens with zero attached hydrogens (tertiary/aromatic N) is 1. The molecule has 90 valence electrons. The molecule has 1 heterocycles. The van der Waals surface area contributed by atoms with Gasteiger partial charge in [-0.25, -0.2) is 4.98 Å². The van der Waals surface area contributed by atoms with Crippen LogP contribution in [0.2, 0.25) is 0 Å². The molecule has 0 radical (unpaired) electrons. The molecule has 0 bridgehead atoms. The summed E-state index contributed by atoms with van der Waals surface area (Å²) in [5.74, 6) is 0.959. The SMILES string of the molecule is COCc1ccc(CNCc2ncc[nH]2)cc1. The number of ether oxygens (including phenoxy) is 1.